The standard InChI is InChI=1S/C18H22N2O5/c1-18(7-2-8-25-10-18)17(24)20-14-6-3-11-9-12(16(22)23)4-5-13(11)19-15(14)21/h4-5,9,14H,2-3,6-8,10H2,1H3,(H,19,21)(H,20,24)(H,22,23). The molecular weight excluding hydrogens is 324 g/mol. The largest absolute Gasteiger partial charge is 0.478 e. The summed E-state index contributed by atoms with van der Waals surface area (Å²) in [5.74, 6) is -1.46. The van der Waals surface area contributed by atoms with Gasteiger partial charge in [0.05, 0.1) is 17.6 Å². The molecule has 1 saturated heterocycles. The first kappa shape index (κ1) is 17.4. The molecule has 0 spiro atoms. The van der Waals surface area contributed by atoms with Gasteiger partial charge in [0.2, 0.25) is 11.8 Å². The number of carbonyl (C=O) groups excluding carboxylic acids is 2. The van der Waals surface area contributed by atoms with Gasteiger partial charge in [-0.1, -0.05) is 0 Å². The molecule has 1 aromatic carbocycles. The van der Waals surface area contributed by atoms with Crippen LogP contribution in [0.5, 0.6) is 0 Å². The molecule has 3 rings (SSSR count). The van der Waals surface area contributed by atoms with Gasteiger partial charge in [-0.05, 0) is 56.4 Å². The summed E-state index contributed by atoms with van der Waals surface area (Å²) in [7, 11) is 0. The van der Waals surface area contributed by atoms with Crippen molar-refractivity contribution < 1.29 is 24.2 Å². The van der Waals surface area contributed by atoms with Crippen molar-refractivity contribution in [3.05, 3.63) is 29.3 Å². The number of aromatic carboxylic acids is 1. The quantitative estimate of drug-likeness (QED) is 0.770. The lowest BCUT2D eigenvalue weighted by molar-refractivity contribution is -0.140. The Morgan fingerprint density at radius 2 is 2.20 bits per heavy atom. The summed E-state index contributed by atoms with van der Waals surface area (Å²) in [6, 6.07) is 3.98. The van der Waals surface area contributed by atoms with Gasteiger partial charge in [0.15, 0.2) is 0 Å². The summed E-state index contributed by atoms with van der Waals surface area (Å²) >= 11 is 0. The molecule has 7 nitrogen and oxygen atoms in total. The lowest BCUT2D eigenvalue weighted by Gasteiger charge is -2.33. The molecule has 2 unspecified atom stereocenters. The van der Waals surface area contributed by atoms with Crippen molar-refractivity contribution in [3.63, 3.8) is 0 Å². The second-order valence-electron chi connectivity index (χ2n) is 6.95. The molecule has 2 atom stereocenters. The molecule has 1 aromatic rings. The third-order valence-electron chi connectivity index (χ3n) is 4.92. The molecule has 0 aromatic heterocycles. The van der Waals surface area contributed by atoms with E-state index in [1.807, 2.05) is 6.92 Å². The third-order valence-corrected chi connectivity index (χ3v) is 4.92. The average molecular weight is 346 g/mol. The minimum Gasteiger partial charge on any atom is -0.478 e. The highest BCUT2D eigenvalue weighted by molar-refractivity contribution is 5.99. The van der Waals surface area contributed by atoms with Gasteiger partial charge in [-0.25, -0.2) is 4.79 Å². The van der Waals surface area contributed by atoms with Crippen LogP contribution in [-0.2, 0) is 20.7 Å². The Hall–Kier alpha value is -2.41. The highest BCUT2D eigenvalue weighted by Gasteiger charge is 2.38. The Kier molecular flexibility index (Phi) is 4.76. The van der Waals surface area contributed by atoms with Crippen LogP contribution < -0.4 is 10.6 Å². The van der Waals surface area contributed by atoms with Crippen LogP contribution in [-0.4, -0.2) is 42.1 Å². The first-order valence-electron chi connectivity index (χ1n) is 8.45. The smallest absolute Gasteiger partial charge is 0.335 e. The van der Waals surface area contributed by atoms with Crippen molar-refractivity contribution in [3.8, 4) is 0 Å². The van der Waals surface area contributed by atoms with E-state index >= 15 is 0 Å². The van der Waals surface area contributed by atoms with Crippen LogP contribution in [0.2, 0.25) is 0 Å². The number of hydrogen-bond donors (Lipinski definition) is 3. The molecule has 3 N–H and O–H groups in total. The molecule has 0 saturated carbocycles. The van der Waals surface area contributed by atoms with E-state index in [9.17, 15) is 14.4 Å². The number of benzene rings is 1. The number of anilines is 1. The normalized spacial score (nSPS) is 26.1. The van der Waals surface area contributed by atoms with Crippen molar-refractivity contribution in [2.24, 2.45) is 5.41 Å². The molecule has 1 fully saturated rings. The molecule has 25 heavy (non-hydrogen) atoms. The predicted molar refractivity (Wildman–Crippen MR) is 90.4 cm³/mol. The zero-order valence-corrected chi connectivity index (χ0v) is 14.1. The van der Waals surface area contributed by atoms with Crippen molar-refractivity contribution >= 4 is 23.5 Å². The van der Waals surface area contributed by atoms with Crippen molar-refractivity contribution in [1.82, 2.24) is 5.32 Å². The number of carboxylic acid groups (broad SMARTS) is 1. The van der Waals surface area contributed by atoms with Crippen molar-refractivity contribution in [2.75, 3.05) is 18.5 Å². The number of carboxylic acids is 1. The number of carbonyl (C=O) groups is 3. The Bertz CT molecular complexity index is 709. The minimum atomic E-state index is -1.01. The van der Waals surface area contributed by atoms with E-state index in [2.05, 4.69) is 10.6 Å². The molecule has 0 radical (unpaired) electrons. The van der Waals surface area contributed by atoms with Crippen LogP contribution in [0.1, 0.15) is 42.1 Å². The number of fused-ring (bicyclic) bond motifs is 1. The Morgan fingerprint density at radius 3 is 2.88 bits per heavy atom. The van der Waals surface area contributed by atoms with Crippen LogP contribution >= 0.6 is 0 Å². The van der Waals surface area contributed by atoms with Gasteiger partial charge < -0.3 is 20.5 Å². The summed E-state index contributed by atoms with van der Waals surface area (Å²) in [6.45, 7) is 2.87. The van der Waals surface area contributed by atoms with Gasteiger partial charge in [-0.3, -0.25) is 9.59 Å². The van der Waals surface area contributed by atoms with Crippen LogP contribution in [0, 0.1) is 5.41 Å². The zero-order chi connectivity index (χ0) is 18.0. The maximum Gasteiger partial charge on any atom is 0.335 e. The van der Waals surface area contributed by atoms with E-state index in [1.165, 1.54) is 6.07 Å². The maximum atomic E-state index is 12.6. The molecule has 7 heteroatoms. The number of rotatable bonds is 3. The predicted octanol–water partition coefficient (Wildman–Crippen LogP) is 1.57. The van der Waals surface area contributed by atoms with E-state index in [0.29, 0.717) is 31.7 Å². The maximum absolute atomic E-state index is 12.6. The van der Waals surface area contributed by atoms with Crippen LogP contribution in [0.4, 0.5) is 5.69 Å². The molecule has 2 aliphatic rings. The molecule has 2 amide bonds. The Morgan fingerprint density at radius 1 is 1.40 bits per heavy atom. The van der Waals surface area contributed by atoms with Crippen LogP contribution in [0.15, 0.2) is 18.2 Å². The lowest BCUT2D eigenvalue weighted by Crippen LogP contribution is -2.51. The zero-order valence-electron chi connectivity index (χ0n) is 14.1. The van der Waals surface area contributed by atoms with Gasteiger partial charge in [-0.15, -0.1) is 0 Å². The number of hydrogen-bond acceptors (Lipinski definition) is 4. The minimum absolute atomic E-state index is 0.176. The SMILES string of the molecule is CC1(C(=O)NC2CCc3cc(C(=O)O)ccc3NC2=O)CCCOC1. The van der Waals surface area contributed by atoms with E-state index < -0.39 is 17.4 Å². The van der Waals surface area contributed by atoms with Crippen LogP contribution in [0.3, 0.4) is 0 Å². The summed E-state index contributed by atoms with van der Waals surface area (Å²) in [6.07, 6.45) is 2.48. The monoisotopic (exact) mass is 346 g/mol. The van der Waals surface area contributed by atoms with Crippen molar-refractivity contribution in [2.45, 2.75) is 38.6 Å². The fourth-order valence-electron chi connectivity index (χ4n) is 3.29. The average Bonchev–Trinajstić information content (AvgIpc) is 2.74. The van der Waals surface area contributed by atoms with Crippen LogP contribution in [0.25, 0.3) is 0 Å². The van der Waals surface area contributed by atoms with E-state index in [0.717, 1.165) is 18.4 Å². The van der Waals surface area contributed by atoms with Gasteiger partial charge in [0.25, 0.3) is 0 Å². The summed E-state index contributed by atoms with van der Waals surface area (Å²) in [5, 5.41) is 14.7. The number of amides is 2. The Balaban J connectivity index is 1.71. The lowest BCUT2D eigenvalue weighted by atomic mass is 9.83. The topological polar surface area (TPSA) is 105 Å². The molecule has 2 heterocycles. The van der Waals surface area contributed by atoms with Gasteiger partial charge in [0, 0.05) is 12.3 Å². The summed E-state index contributed by atoms with van der Waals surface area (Å²) in [4.78, 5) is 36.2. The first-order chi connectivity index (χ1) is 11.9. The highest BCUT2D eigenvalue weighted by Crippen LogP contribution is 2.29. The molecular formula is C18H22N2O5. The number of aryl methyl sites for hydroxylation is 1. The molecule has 134 valence electrons. The number of nitrogens with one attached hydrogen (secondary N) is 2. The number of ether oxygens (including phenoxy) is 1. The van der Waals surface area contributed by atoms with Gasteiger partial charge >= 0.3 is 5.97 Å². The second-order valence-corrected chi connectivity index (χ2v) is 6.95. The summed E-state index contributed by atoms with van der Waals surface area (Å²) in [5.41, 5.74) is 0.923. The second kappa shape index (κ2) is 6.84. The summed E-state index contributed by atoms with van der Waals surface area (Å²) < 4.78 is 5.42. The first-order valence-corrected chi connectivity index (χ1v) is 8.45. The van der Waals surface area contributed by atoms with Gasteiger partial charge in [-0.2, -0.15) is 0 Å². The van der Waals surface area contributed by atoms with Gasteiger partial charge in [0.1, 0.15) is 6.04 Å². The fourth-order valence-corrected chi connectivity index (χ4v) is 3.29. The Labute approximate surface area is 145 Å². The van der Waals surface area contributed by atoms with E-state index in [-0.39, 0.29) is 17.4 Å². The van der Waals surface area contributed by atoms with Crippen molar-refractivity contribution in [1.29, 1.82) is 0 Å². The molecule has 0 aliphatic carbocycles. The highest BCUT2D eigenvalue weighted by atomic mass is 16.5. The van der Waals surface area contributed by atoms with E-state index in [4.69, 9.17) is 9.84 Å². The van der Waals surface area contributed by atoms with E-state index in [1.54, 1.807) is 12.1 Å². The fraction of sp³-hybridized carbons (Fsp3) is 0.500. The molecule has 0 bridgehead atoms. The molecule has 2 aliphatic heterocycles. The third kappa shape index (κ3) is 3.66.